The van der Waals surface area contributed by atoms with Crippen LogP contribution in [-0.2, 0) is 21.4 Å². The van der Waals surface area contributed by atoms with Gasteiger partial charge in [-0.15, -0.1) is 0 Å². The molecule has 3 rings (SSSR count). The number of carbonyl (C=O) groups excluding carboxylic acids is 1. The van der Waals surface area contributed by atoms with Gasteiger partial charge >= 0.3 is 5.97 Å². The van der Waals surface area contributed by atoms with Gasteiger partial charge in [-0.05, 0) is 75.8 Å². The molecule has 5 heteroatoms. The predicted molar refractivity (Wildman–Crippen MR) is 112 cm³/mol. The first-order valence-electron chi connectivity index (χ1n) is 9.11. The molecule has 2 aromatic carbocycles. The van der Waals surface area contributed by atoms with Crippen molar-refractivity contribution in [1.82, 2.24) is 0 Å². The molecule has 1 aliphatic rings. The highest BCUT2D eigenvalue weighted by Gasteiger charge is 2.37. The molecule has 2 aromatic rings. The molecule has 0 aromatic heterocycles. The Balaban J connectivity index is 2.15. The fraction of sp³-hybridized carbons (Fsp3) is 0.304. The number of esters is 1. The number of hydrogen-bond donors (Lipinski definition) is 0. The summed E-state index contributed by atoms with van der Waals surface area (Å²) in [5.74, 6) is 0.439. The van der Waals surface area contributed by atoms with Crippen molar-refractivity contribution in [2.24, 2.45) is 0 Å². The third-order valence-electron chi connectivity index (χ3n) is 5.28. The minimum Gasteiger partial charge on any atom is -0.496 e. The van der Waals surface area contributed by atoms with E-state index in [-0.39, 0.29) is 5.97 Å². The summed E-state index contributed by atoms with van der Waals surface area (Å²) in [6, 6.07) is 13.6. The third-order valence-corrected chi connectivity index (χ3v) is 5.90. The molecule has 28 heavy (non-hydrogen) atoms. The van der Waals surface area contributed by atoms with Gasteiger partial charge in [0.05, 0.1) is 35.4 Å². The van der Waals surface area contributed by atoms with Crippen molar-refractivity contribution < 1.29 is 14.3 Å². The van der Waals surface area contributed by atoms with Gasteiger partial charge < -0.3 is 9.47 Å². The van der Waals surface area contributed by atoms with Crippen molar-refractivity contribution >= 4 is 27.5 Å². The second-order valence-electron chi connectivity index (χ2n) is 7.21. The number of halogens is 1. The zero-order valence-electron chi connectivity index (χ0n) is 16.4. The number of carbonyl (C=O) groups is 1. The first-order valence-corrected chi connectivity index (χ1v) is 9.91. The minimum absolute atomic E-state index is 0.315. The highest BCUT2D eigenvalue weighted by molar-refractivity contribution is 9.10. The molecule has 4 nitrogen and oxygen atoms in total. The molecule has 144 valence electrons. The lowest BCUT2D eigenvalue weighted by molar-refractivity contribution is -0.136. The van der Waals surface area contributed by atoms with E-state index in [0.717, 1.165) is 32.5 Å². The molecular formula is C23H22BrNO3. The van der Waals surface area contributed by atoms with E-state index >= 15 is 0 Å². The number of benzene rings is 2. The Morgan fingerprint density at radius 2 is 2.00 bits per heavy atom. The van der Waals surface area contributed by atoms with Gasteiger partial charge in [-0.2, -0.15) is 5.26 Å². The van der Waals surface area contributed by atoms with Crippen LogP contribution in [0.5, 0.6) is 5.75 Å². The molecule has 0 fully saturated rings. The molecule has 0 bridgehead atoms. The topological polar surface area (TPSA) is 59.3 Å². The van der Waals surface area contributed by atoms with Gasteiger partial charge in [-0.25, -0.2) is 4.79 Å². The summed E-state index contributed by atoms with van der Waals surface area (Å²) in [6.45, 7) is 6.33. The average Bonchev–Trinajstić information content (AvgIpc) is 3.07. The summed E-state index contributed by atoms with van der Waals surface area (Å²) in [5, 5.41) is 9.24. The molecule has 0 spiro atoms. The van der Waals surface area contributed by atoms with Crippen molar-refractivity contribution in [3.63, 3.8) is 0 Å². The van der Waals surface area contributed by atoms with Gasteiger partial charge in [0, 0.05) is 5.41 Å². The maximum atomic E-state index is 12.8. The summed E-state index contributed by atoms with van der Waals surface area (Å²) in [6.07, 6.45) is 0.607. The van der Waals surface area contributed by atoms with Crippen LogP contribution in [0.4, 0.5) is 0 Å². The van der Waals surface area contributed by atoms with Crippen LogP contribution in [-0.4, -0.2) is 19.7 Å². The maximum Gasteiger partial charge on any atom is 0.338 e. The van der Waals surface area contributed by atoms with E-state index < -0.39 is 5.41 Å². The van der Waals surface area contributed by atoms with Crippen molar-refractivity contribution in [3.05, 3.63) is 68.7 Å². The van der Waals surface area contributed by atoms with Gasteiger partial charge in [0.2, 0.25) is 0 Å². The van der Waals surface area contributed by atoms with Gasteiger partial charge in [0.1, 0.15) is 5.75 Å². The number of nitriles is 1. The fourth-order valence-corrected chi connectivity index (χ4v) is 4.23. The molecule has 0 N–H and O–H groups in total. The van der Waals surface area contributed by atoms with Gasteiger partial charge in [0.15, 0.2) is 0 Å². The second kappa shape index (κ2) is 7.81. The molecule has 0 radical (unpaired) electrons. The number of ether oxygens (including phenoxy) is 2. The first-order chi connectivity index (χ1) is 13.3. The van der Waals surface area contributed by atoms with E-state index in [1.165, 1.54) is 0 Å². The molecule has 0 saturated carbocycles. The first kappa shape index (κ1) is 20.2. The zero-order chi connectivity index (χ0) is 20.5. The van der Waals surface area contributed by atoms with Crippen LogP contribution >= 0.6 is 15.9 Å². The van der Waals surface area contributed by atoms with Gasteiger partial charge in [0.25, 0.3) is 0 Å². The van der Waals surface area contributed by atoms with Crippen LogP contribution in [0.1, 0.15) is 43.0 Å². The van der Waals surface area contributed by atoms with E-state index in [4.69, 9.17) is 9.47 Å². The Morgan fingerprint density at radius 1 is 1.25 bits per heavy atom. The van der Waals surface area contributed by atoms with Crippen LogP contribution in [0.15, 0.2) is 46.4 Å². The molecule has 0 heterocycles. The lowest BCUT2D eigenvalue weighted by atomic mass is 9.75. The Bertz CT molecular complexity index is 1010. The van der Waals surface area contributed by atoms with Gasteiger partial charge in [-0.1, -0.05) is 26.0 Å². The minimum atomic E-state index is -0.414. The lowest BCUT2D eigenvalue weighted by Gasteiger charge is -2.29. The Morgan fingerprint density at radius 3 is 2.61 bits per heavy atom. The molecule has 0 amide bonds. The van der Waals surface area contributed by atoms with Gasteiger partial charge in [-0.3, -0.25) is 0 Å². The predicted octanol–water partition coefficient (Wildman–Crippen LogP) is 5.18. The van der Waals surface area contributed by atoms with Crippen LogP contribution in [0, 0.1) is 11.3 Å². The number of nitrogens with zero attached hydrogens (tertiary/aromatic N) is 1. The van der Waals surface area contributed by atoms with Crippen molar-refractivity contribution in [2.75, 3.05) is 13.7 Å². The Kier molecular flexibility index (Phi) is 5.62. The molecule has 0 aliphatic heterocycles. The summed E-state index contributed by atoms with van der Waals surface area (Å²) in [5.41, 5.74) is 4.68. The van der Waals surface area contributed by atoms with Crippen LogP contribution in [0.25, 0.3) is 5.57 Å². The van der Waals surface area contributed by atoms with Crippen LogP contribution in [0.2, 0.25) is 0 Å². The summed E-state index contributed by atoms with van der Waals surface area (Å²) in [4.78, 5) is 12.8. The standard InChI is InChI=1S/C23H22BrNO3/c1-5-28-22(26)21-17-8-6-14(13-25)10-15(17)11-18(21)23(2,3)16-7-9-20(27-4)19(24)12-16/h6-10,12H,5,11H2,1-4H3. The molecule has 0 atom stereocenters. The second-order valence-corrected chi connectivity index (χ2v) is 8.06. The largest absolute Gasteiger partial charge is 0.496 e. The van der Waals surface area contributed by atoms with E-state index in [0.29, 0.717) is 24.2 Å². The monoisotopic (exact) mass is 439 g/mol. The Labute approximate surface area is 173 Å². The zero-order valence-corrected chi connectivity index (χ0v) is 18.0. The molecule has 0 saturated heterocycles. The van der Waals surface area contributed by atoms with E-state index in [2.05, 4.69) is 35.8 Å². The highest BCUT2D eigenvalue weighted by Crippen LogP contribution is 2.45. The summed E-state index contributed by atoms with van der Waals surface area (Å²) >= 11 is 3.56. The number of allylic oxidation sites excluding steroid dienone is 1. The van der Waals surface area contributed by atoms with Crippen molar-refractivity contribution in [3.8, 4) is 11.8 Å². The summed E-state index contributed by atoms with van der Waals surface area (Å²) < 4.78 is 11.6. The quantitative estimate of drug-likeness (QED) is 0.602. The number of methoxy groups -OCH3 is 1. The van der Waals surface area contributed by atoms with Crippen LogP contribution in [0.3, 0.4) is 0 Å². The number of rotatable bonds is 5. The van der Waals surface area contributed by atoms with E-state index in [1.54, 1.807) is 20.1 Å². The summed E-state index contributed by atoms with van der Waals surface area (Å²) in [7, 11) is 1.63. The SMILES string of the molecule is CCOC(=O)C1=C(C(C)(C)c2ccc(OC)c(Br)c2)Cc2cc(C#N)ccc21. The van der Waals surface area contributed by atoms with Crippen molar-refractivity contribution in [1.29, 1.82) is 5.26 Å². The molecule has 0 unspecified atom stereocenters. The molecule has 1 aliphatic carbocycles. The fourth-order valence-electron chi connectivity index (χ4n) is 3.69. The van der Waals surface area contributed by atoms with E-state index in [1.807, 2.05) is 30.3 Å². The van der Waals surface area contributed by atoms with Crippen molar-refractivity contribution in [2.45, 2.75) is 32.6 Å². The number of fused-ring (bicyclic) bond motifs is 1. The normalized spacial score (nSPS) is 13.1. The van der Waals surface area contributed by atoms with Crippen LogP contribution < -0.4 is 4.74 Å². The maximum absolute atomic E-state index is 12.8. The van der Waals surface area contributed by atoms with E-state index in [9.17, 15) is 10.1 Å². The number of hydrogen-bond acceptors (Lipinski definition) is 4. The Hall–Kier alpha value is -2.58. The lowest BCUT2D eigenvalue weighted by Crippen LogP contribution is -2.23. The average molecular weight is 440 g/mol. The molecular weight excluding hydrogens is 418 g/mol. The smallest absolute Gasteiger partial charge is 0.338 e. The highest BCUT2D eigenvalue weighted by atomic mass is 79.9. The third kappa shape index (κ3) is 3.45.